The van der Waals surface area contributed by atoms with Gasteiger partial charge in [-0.2, -0.15) is 4.91 Å². The standard InChI is InChI=1S/C7H9NO/c9-8-6-7-4-2-1-3-5-7/h1-2,4H,3,5-6H2. The fourth-order valence-electron chi connectivity index (χ4n) is 0.867. The number of hydrogen-bond acceptors (Lipinski definition) is 2. The van der Waals surface area contributed by atoms with Gasteiger partial charge in [0.25, 0.3) is 0 Å². The van der Waals surface area contributed by atoms with Gasteiger partial charge in [0.1, 0.15) is 6.54 Å². The summed E-state index contributed by atoms with van der Waals surface area (Å²) < 4.78 is 0. The molecule has 0 saturated carbocycles. The molecule has 0 bridgehead atoms. The van der Waals surface area contributed by atoms with Crippen LogP contribution < -0.4 is 0 Å². The van der Waals surface area contributed by atoms with Crippen LogP contribution in [0.15, 0.2) is 29.0 Å². The van der Waals surface area contributed by atoms with E-state index in [4.69, 9.17) is 0 Å². The molecule has 9 heavy (non-hydrogen) atoms. The Labute approximate surface area is 54.2 Å². The van der Waals surface area contributed by atoms with E-state index >= 15 is 0 Å². The zero-order chi connectivity index (χ0) is 6.53. The Morgan fingerprint density at radius 1 is 1.67 bits per heavy atom. The normalized spacial score (nSPS) is 17.1. The van der Waals surface area contributed by atoms with Gasteiger partial charge < -0.3 is 0 Å². The molecule has 0 radical (unpaired) electrons. The van der Waals surface area contributed by atoms with E-state index in [2.05, 4.69) is 11.3 Å². The van der Waals surface area contributed by atoms with Crippen LogP contribution in [0.25, 0.3) is 0 Å². The third kappa shape index (κ3) is 1.80. The number of allylic oxidation sites excluding steroid dienone is 3. The molecule has 2 heteroatoms. The van der Waals surface area contributed by atoms with E-state index in [0.717, 1.165) is 18.4 Å². The maximum absolute atomic E-state index is 9.76. The van der Waals surface area contributed by atoms with E-state index in [1.54, 1.807) is 0 Å². The highest BCUT2D eigenvalue weighted by molar-refractivity contribution is 5.18. The van der Waals surface area contributed by atoms with Crippen molar-refractivity contribution >= 4 is 0 Å². The van der Waals surface area contributed by atoms with Gasteiger partial charge in [-0.05, 0) is 18.4 Å². The summed E-state index contributed by atoms with van der Waals surface area (Å²) in [6.45, 7) is 0.365. The molecule has 0 aliphatic heterocycles. The minimum atomic E-state index is 0.365. The topological polar surface area (TPSA) is 29.4 Å². The Bertz CT molecular complexity index is 158. The quantitative estimate of drug-likeness (QED) is 0.516. The summed E-state index contributed by atoms with van der Waals surface area (Å²) in [5, 5.41) is 2.81. The third-order valence-electron chi connectivity index (χ3n) is 1.37. The van der Waals surface area contributed by atoms with Crippen LogP contribution in [-0.4, -0.2) is 6.54 Å². The average Bonchev–Trinajstić information content (AvgIpc) is 1.91. The molecule has 0 saturated heterocycles. The molecule has 1 rings (SSSR count). The Morgan fingerprint density at radius 3 is 3.11 bits per heavy atom. The molecular weight excluding hydrogens is 114 g/mol. The van der Waals surface area contributed by atoms with E-state index in [1.807, 2.05) is 12.2 Å². The van der Waals surface area contributed by atoms with Gasteiger partial charge >= 0.3 is 0 Å². The molecule has 0 aromatic rings. The number of nitrogens with zero attached hydrogens (tertiary/aromatic N) is 1. The number of rotatable bonds is 2. The summed E-state index contributed by atoms with van der Waals surface area (Å²) in [5.74, 6) is 0. The Balaban J connectivity index is 2.47. The molecule has 0 N–H and O–H groups in total. The van der Waals surface area contributed by atoms with E-state index < -0.39 is 0 Å². The molecule has 0 spiro atoms. The first-order valence-electron chi connectivity index (χ1n) is 3.07. The minimum Gasteiger partial charge on any atom is -0.150 e. The fraction of sp³-hybridized carbons (Fsp3) is 0.429. The maximum atomic E-state index is 9.76. The first kappa shape index (κ1) is 6.20. The van der Waals surface area contributed by atoms with Crippen molar-refractivity contribution in [2.24, 2.45) is 5.18 Å². The molecule has 1 aliphatic rings. The highest BCUT2D eigenvalue weighted by Crippen LogP contribution is 2.10. The fourth-order valence-corrected chi connectivity index (χ4v) is 0.867. The lowest BCUT2D eigenvalue weighted by Gasteiger charge is -2.01. The summed E-state index contributed by atoms with van der Waals surface area (Å²) in [6.07, 6.45) is 8.09. The molecule has 0 aromatic carbocycles. The first-order chi connectivity index (χ1) is 4.43. The summed E-state index contributed by atoms with van der Waals surface area (Å²) in [5.41, 5.74) is 1.15. The van der Waals surface area contributed by atoms with E-state index in [-0.39, 0.29) is 0 Å². The second-order valence-corrected chi connectivity index (χ2v) is 2.08. The van der Waals surface area contributed by atoms with Gasteiger partial charge in [0.15, 0.2) is 0 Å². The van der Waals surface area contributed by atoms with Crippen molar-refractivity contribution in [3.05, 3.63) is 28.7 Å². The second kappa shape index (κ2) is 3.17. The van der Waals surface area contributed by atoms with Crippen molar-refractivity contribution in [2.45, 2.75) is 12.8 Å². The van der Waals surface area contributed by atoms with Gasteiger partial charge in [0, 0.05) is 0 Å². The lowest BCUT2D eigenvalue weighted by molar-refractivity contribution is 0.913. The number of nitroso groups, excluding NO2 is 1. The van der Waals surface area contributed by atoms with Crippen LogP contribution in [0.3, 0.4) is 0 Å². The van der Waals surface area contributed by atoms with Crippen molar-refractivity contribution in [2.75, 3.05) is 6.54 Å². The van der Waals surface area contributed by atoms with Crippen LogP contribution in [0.4, 0.5) is 0 Å². The summed E-state index contributed by atoms with van der Waals surface area (Å²) in [7, 11) is 0. The largest absolute Gasteiger partial charge is 0.150 e. The first-order valence-corrected chi connectivity index (χ1v) is 3.07. The highest BCUT2D eigenvalue weighted by Gasteiger charge is 1.97. The van der Waals surface area contributed by atoms with Gasteiger partial charge in [0.2, 0.25) is 0 Å². The van der Waals surface area contributed by atoms with Gasteiger partial charge in [-0.1, -0.05) is 23.4 Å². The van der Waals surface area contributed by atoms with Gasteiger partial charge in [-0.15, -0.1) is 0 Å². The minimum absolute atomic E-state index is 0.365. The lowest BCUT2D eigenvalue weighted by atomic mass is 10.1. The van der Waals surface area contributed by atoms with Crippen LogP contribution in [0, 0.1) is 4.91 Å². The van der Waals surface area contributed by atoms with Crippen molar-refractivity contribution in [3.63, 3.8) is 0 Å². The summed E-state index contributed by atoms with van der Waals surface area (Å²) >= 11 is 0. The third-order valence-corrected chi connectivity index (χ3v) is 1.37. The Kier molecular flexibility index (Phi) is 2.19. The van der Waals surface area contributed by atoms with Gasteiger partial charge in [0.05, 0.1) is 0 Å². The molecule has 48 valence electrons. The Morgan fingerprint density at radius 2 is 2.56 bits per heavy atom. The van der Waals surface area contributed by atoms with Gasteiger partial charge in [-0.25, -0.2) is 0 Å². The molecular formula is C7H9NO. The van der Waals surface area contributed by atoms with E-state index in [1.165, 1.54) is 0 Å². The zero-order valence-electron chi connectivity index (χ0n) is 5.21. The molecule has 0 amide bonds. The second-order valence-electron chi connectivity index (χ2n) is 2.08. The zero-order valence-corrected chi connectivity index (χ0v) is 5.21. The smallest absolute Gasteiger partial charge is 0.102 e. The highest BCUT2D eigenvalue weighted by atomic mass is 16.3. The molecule has 0 aromatic heterocycles. The van der Waals surface area contributed by atoms with Crippen LogP contribution in [-0.2, 0) is 0 Å². The average molecular weight is 123 g/mol. The van der Waals surface area contributed by atoms with Crippen LogP contribution in [0.2, 0.25) is 0 Å². The summed E-state index contributed by atoms with van der Waals surface area (Å²) in [4.78, 5) is 9.76. The van der Waals surface area contributed by atoms with Gasteiger partial charge in [-0.3, -0.25) is 0 Å². The van der Waals surface area contributed by atoms with Crippen molar-refractivity contribution < 1.29 is 0 Å². The molecule has 0 unspecified atom stereocenters. The Hall–Kier alpha value is -0.920. The summed E-state index contributed by atoms with van der Waals surface area (Å²) in [6, 6.07) is 0. The van der Waals surface area contributed by atoms with Crippen LogP contribution >= 0.6 is 0 Å². The van der Waals surface area contributed by atoms with Crippen LogP contribution in [0.1, 0.15) is 12.8 Å². The lowest BCUT2D eigenvalue weighted by Crippen LogP contribution is -1.89. The molecule has 0 fully saturated rings. The molecule has 1 aliphatic carbocycles. The van der Waals surface area contributed by atoms with Crippen LogP contribution in [0.5, 0.6) is 0 Å². The number of hydrogen-bond donors (Lipinski definition) is 0. The maximum Gasteiger partial charge on any atom is 0.102 e. The van der Waals surface area contributed by atoms with E-state index in [0.29, 0.717) is 6.54 Å². The molecule has 2 nitrogen and oxygen atoms in total. The SMILES string of the molecule is O=NCC1=CC=CCC1. The predicted octanol–water partition coefficient (Wildman–Crippen LogP) is 2.03. The van der Waals surface area contributed by atoms with E-state index in [9.17, 15) is 4.91 Å². The predicted molar refractivity (Wildman–Crippen MR) is 37.1 cm³/mol. The molecule has 0 heterocycles. The molecule has 0 atom stereocenters. The van der Waals surface area contributed by atoms with Crippen molar-refractivity contribution in [1.82, 2.24) is 0 Å². The monoisotopic (exact) mass is 123 g/mol. The van der Waals surface area contributed by atoms with Crippen molar-refractivity contribution in [3.8, 4) is 0 Å². The van der Waals surface area contributed by atoms with Crippen molar-refractivity contribution in [1.29, 1.82) is 0 Å².